The standard InChI is InChI=1S/C11H17N5O/c1-3-13-11-15-14-10(16(11)4-2)9-6-5-8(7-12)17-9/h5-6H,3-4,7,12H2,1-2H3,(H,13,15). The van der Waals surface area contributed by atoms with Gasteiger partial charge in [-0.05, 0) is 26.0 Å². The molecule has 0 radical (unpaired) electrons. The van der Waals surface area contributed by atoms with Crippen molar-refractivity contribution >= 4 is 5.95 Å². The summed E-state index contributed by atoms with van der Waals surface area (Å²) >= 11 is 0. The molecule has 2 heterocycles. The fourth-order valence-corrected chi connectivity index (χ4v) is 1.68. The fraction of sp³-hybridized carbons (Fsp3) is 0.455. The van der Waals surface area contributed by atoms with Crippen LogP contribution >= 0.6 is 0 Å². The van der Waals surface area contributed by atoms with E-state index in [2.05, 4.69) is 15.5 Å². The van der Waals surface area contributed by atoms with Crippen LogP contribution in [-0.4, -0.2) is 21.3 Å². The molecule has 0 aliphatic heterocycles. The molecule has 0 fully saturated rings. The zero-order valence-corrected chi connectivity index (χ0v) is 10.1. The van der Waals surface area contributed by atoms with Crippen molar-refractivity contribution in [2.24, 2.45) is 5.73 Å². The average molecular weight is 235 g/mol. The first-order valence-corrected chi connectivity index (χ1v) is 5.76. The summed E-state index contributed by atoms with van der Waals surface area (Å²) in [6.45, 7) is 6.04. The van der Waals surface area contributed by atoms with Crippen LogP contribution in [0, 0.1) is 0 Å². The predicted octanol–water partition coefficient (Wildman–Crippen LogP) is 1.45. The van der Waals surface area contributed by atoms with Gasteiger partial charge in [0.1, 0.15) is 5.76 Å². The van der Waals surface area contributed by atoms with Gasteiger partial charge in [0, 0.05) is 13.1 Å². The summed E-state index contributed by atoms with van der Waals surface area (Å²) < 4.78 is 7.55. The van der Waals surface area contributed by atoms with Crippen LogP contribution in [0.3, 0.4) is 0 Å². The number of furan rings is 1. The van der Waals surface area contributed by atoms with Gasteiger partial charge in [0.05, 0.1) is 6.54 Å². The number of anilines is 1. The van der Waals surface area contributed by atoms with Gasteiger partial charge in [-0.15, -0.1) is 10.2 Å². The van der Waals surface area contributed by atoms with Crippen molar-refractivity contribution < 1.29 is 4.42 Å². The summed E-state index contributed by atoms with van der Waals surface area (Å²) in [7, 11) is 0. The number of hydrogen-bond acceptors (Lipinski definition) is 5. The van der Waals surface area contributed by atoms with E-state index in [1.807, 2.05) is 30.5 Å². The van der Waals surface area contributed by atoms with Crippen LogP contribution in [0.4, 0.5) is 5.95 Å². The lowest BCUT2D eigenvalue weighted by atomic mass is 10.4. The Morgan fingerprint density at radius 1 is 1.35 bits per heavy atom. The van der Waals surface area contributed by atoms with Gasteiger partial charge in [-0.2, -0.15) is 0 Å². The molecule has 17 heavy (non-hydrogen) atoms. The molecule has 6 nitrogen and oxygen atoms in total. The third-order valence-corrected chi connectivity index (χ3v) is 2.49. The molecule has 0 saturated carbocycles. The van der Waals surface area contributed by atoms with Crippen LogP contribution in [0.25, 0.3) is 11.6 Å². The summed E-state index contributed by atoms with van der Waals surface area (Å²) in [5, 5.41) is 11.4. The van der Waals surface area contributed by atoms with Gasteiger partial charge in [-0.3, -0.25) is 4.57 Å². The predicted molar refractivity (Wildman–Crippen MR) is 65.5 cm³/mol. The highest BCUT2D eigenvalue weighted by Crippen LogP contribution is 2.22. The van der Waals surface area contributed by atoms with E-state index in [9.17, 15) is 0 Å². The van der Waals surface area contributed by atoms with E-state index < -0.39 is 0 Å². The first-order valence-electron chi connectivity index (χ1n) is 5.76. The van der Waals surface area contributed by atoms with Gasteiger partial charge < -0.3 is 15.5 Å². The van der Waals surface area contributed by atoms with Gasteiger partial charge in [0.25, 0.3) is 0 Å². The summed E-state index contributed by atoms with van der Waals surface area (Å²) in [5.41, 5.74) is 5.52. The number of nitrogens with zero attached hydrogens (tertiary/aromatic N) is 3. The minimum absolute atomic E-state index is 0.389. The van der Waals surface area contributed by atoms with E-state index >= 15 is 0 Å². The second-order valence-corrected chi connectivity index (χ2v) is 3.59. The molecule has 0 spiro atoms. The third-order valence-electron chi connectivity index (χ3n) is 2.49. The van der Waals surface area contributed by atoms with Crippen molar-refractivity contribution in [3.05, 3.63) is 17.9 Å². The molecule has 92 valence electrons. The molecule has 0 atom stereocenters. The van der Waals surface area contributed by atoms with Crippen LogP contribution < -0.4 is 11.1 Å². The van der Waals surface area contributed by atoms with Crippen LogP contribution in [0.2, 0.25) is 0 Å². The van der Waals surface area contributed by atoms with E-state index in [-0.39, 0.29) is 0 Å². The Hall–Kier alpha value is -1.82. The van der Waals surface area contributed by atoms with Crippen molar-refractivity contribution in [2.45, 2.75) is 26.9 Å². The normalized spacial score (nSPS) is 10.8. The molecular formula is C11H17N5O. The highest BCUT2D eigenvalue weighted by atomic mass is 16.3. The highest BCUT2D eigenvalue weighted by Gasteiger charge is 2.14. The van der Waals surface area contributed by atoms with Crippen molar-refractivity contribution in [1.82, 2.24) is 14.8 Å². The van der Waals surface area contributed by atoms with Gasteiger partial charge in [-0.1, -0.05) is 0 Å². The van der Waals surface area contributed by atoms with Gasteiger partial charge in [-0.25, -0.2) is 0 Å². The maximum Gasteiger partial charge on any atom is 0.224 e. The van der Waals surface area contributed by atoms with Crippen molar-refractivity contribution in [3.63, 3.8) is 0 Å². The fourth-order valence-electron chi connectivity index (χ4n) is 1.68. The molecule has 0 bridgehead atoms. The largest absolute Gasteiger partial charge is 0.456 e. The summed E-state index contributed by atoms with van der Waals surface area (Å²) in [5.74, 6) is 2.93. The minimum Gasteiger partial charge on any atom is -0.456 e. The van der Waals surface area contributed by atoms with E-state index in [0.717, 1.165) is 30.6 Å². The molecule has 2 aromatic heterocycles. The van der Waals surface area contributed by atoms with E-state index in [1.54, 1.807) is 0 Å². The molecule has 0 aliphatic carbocycles. The molecule has 0 aromatic carbocycles. The average Bonchev–Trinajstić information content (AvgIpc) is 2.94. The second-order valence-electron chi connectivity index (χ2n) is 3.59. The Balaban J connectivity index is 2.37. The molecule has 2 aromatic rings. The van der Waals surface area contributed by atoms with Gasteiger partial charge >= 0.3 is 0 Å². The SMILES string of the molecule is CCNc1nnc(-c2ccc(CN)o2)n1CC. The van der Waals surface area contributed by atoms with Crippen molar-refractivity contribution in [2.75, 3.05) is 11.9 Å². The molecule has 0 unspecified atom stereocenters. The first-order chi connectivity index (χ1) is 8.30. The Morgan fingerprint density at radius 3 is 2.76 bits per heavy atom. The zero-order valence-electron chi connectivity index (χ0n) is 10.1. The summed E-state index contributed by atoms with van der Waals surface area (Å²) in [6.07, 6.45) is 0. The Labute approximate surface area is 99.8 Å². The third kappa shape index (κ3) is 2.16. The lowest BCUT2D eigenvalue weighted by Crippen LogP contribution is -2.06. The van der Waals surface area contributed by atoms with E-state index in [4.69, 9.17) is 10.2 Å². The smallest absolute Gasteiger partial charge is 0.224 e. The maximum atomic E-state index is 5.58. The van der Waals surface area contributed by atoms with Crippen molar-refractivity contribution in [1.29, 1.82) is 0 Å². The van der Waals surface area contributed by atoms with E-state index in [1.165, 1.54) is 0 Å². The molecule has 3 N–H and O–H groups in total. The molecule has 2 rings (SSSR count). The summed E-state index contributed by atoms with van der Waals surface area (Å²) in [4.78, 5) is 0. The Kier molecular flexibility index (Phi) is 3.43. The molecule has 6 heteroatoms. The molecule has 0 saturated heterocycles. The Bertz CT molecular complexity index is 488. The lowest BCUT2D eigenvalue weighted by Gasteiger charge is -2.06. The maximum absolute atomic E-state index is 5.58. The van der Waals surface area contributed by atoms with Crippen LogP contribution in [0.15, 0.2) is 16.5 Å². The van der Waals surface area contributed by atoms with Gasteiger partial charge in [0.2, 0.25) is 11.8 Å². The zero-order chi connectivity index (χ0) is 12.3. The number of nitrogens with one attached hydrogen (secondary N) is 1. The van der Waals surface area contributed by atoms with Crippen molar-refractivity contribution in [3.8, 4) is 11.6 Å². The minimum atomic E-state index is 0.389. The number of rotatable bonds is 5. The monoisotopic (exact) mass is 235 g/mol. The number of hydrogen-bond donors (Lipinski definition) is 2. The Morgan fingerprint density at radius 2 is 2.18 bits per heavy atom. The lowest BCUT2D eigenvalue weighted by molar-refractivity contribution is 0.518. The summed E-state index contributed by atoms with van der Waals surface area (Å²) in [6, 6.07) is 3.73. The number of aromatic nitrogens is 3. The molecule has 0 aliphatic rings. The number of nitrogens with two attached hydrogens (primary N) is 1. The topological polar surface area (TPSA) is 81.9 Å². The van der Waals surface area contributed by atoms with Crippen LogP contribution in [-0.2, 0) is 13.1 Å². The second kappa shape index (κ2) is 5.01. The van der Waals surface area contributed by atoms with E-state index in [0.29, 0.717) is 12.3 Å². The van der Waals surface area contributed by atoms with Crippen LogP contribution in [0.1, 0.15) is 19.6 Å². The van der Waals surface area contributed by atoms with Gasteiger partial charge in [0.15, 0.2) is 5.76 Å². The molecular weight excluding hydrogens is 218 g/mol. The first kappa shape index (κ1) is 11.7. The van der Waals surface area contributed by atoms with Crippen LogP contribution in [0.5, 0.6) is 0 Å². The molecule has 0 amide bonds. The highest BCUT2D eigenvalue weighted by molar-refractivity contribution is 5.50. The quantitative estimate of drug-likeness (QED) is 0.819.